The van der Waals surface area contributed by atoms with E-state index in [1.165, 1.54) is 0 Å². The zero-order valence-electron chi connectivity index (χ0n) is 12.3. The summed E-state index contributed by atoms with van der Waals surface area (Å²) in [6.45, 7) is 5.28. The van der Waals surface area contributed by atoms with Gasteiger partial charge in [-0.3, -0.25) is 0 Å². The molecule has 0 bridgehead atoms. The number of amidine groups is 1. The Labute approximate surface area is 123 Å². The Balaban J connectivity index is 2.64. The molecule has 0 aliphatic rings. The predicted octanol–water partition coefficient (Wildman–Crippen LogP) is 1.53. The van der Waals surface area contributed by atoms with Gasteiger partial charge in [0, 0.05) is 0 Å². The van der Waals surface area contributed by atoms with E-state index in [0.717, 1.165) is 0 Å². The van der Waals surface area contributed by atoms with Gasteiger partial charge in [0.1, 0.15) is 18.1 Å². The van der Waals surface area contributed by atoms with E-state index in [2.05, 4.69) is 5.16 Å². The first kappa shape index (κ1) is 16.6. The summed E-state index contributed by atoms with van der Waals surface area (Å²) in [7, 11) is 0. The van der Waals surface area contributed by atoms with Crippen LogP contribution in [0.5, 0.6) is 11.5 Å². The number of carbonyl (C=O) groups excluding carboxylic acids is 1. The molecule has 0 aliphatic carbocycles. The molecule has 0 aromatic heterocycles. The fraction of sp³-hybridized carbons (Fsp3) is 0.429. The second-order valence-corrected chi connectivity index (χ2v) is 4.68. The lowest BCUT2D eigenvalue weighted by Gasteiger charge is -2.24. The summed E-state index contributed by atoms with van der Waals surface area (Å²) < 4.78 is 15.8. The number of oxime groups is 1. The van der Waals surface area contributed by atoms with E-state index < -0.39 is 11.6 Å². The van der Waals surface area contributed by atoms with Crippen molar-refractivity contribution < 1.29 is 24.2 Å². The minimum Gasteiger partial charge on any atom is -0.486 e. The lowest BCUT2D eigenvalue weighted by atomic mass is 10.1. The summed E-state index contributed by atoms with van der Waals surface area (Å²) in [5, 5.41) is 11.2. The molecule has 0 atom stereocenters. The molecule has 1 rings (SSSR count). The first-order valence-corrected chi connectivity index (χ1v) is 6.44. The van der Waals surface area contributed by atoms with Gasteiger partial charge in [-0.1, -0.05) is 5.16 Å². The standard InChI is InChI=1S/C14H20N2O5/c1-4-19-13(17)14(2,3)21-11-7-5-10(6-8-11)20-9-12(15)16-18/h5-8,18H,4,9H2,1-3H3,(H2,15,16). The maximum absolute atomic E-state index is 11.7. The van der Waals surface area contributed by atoms with E-state index in [9.17, 15) is 4.79 Å². The molecule has 0 fully saturated rings. The third kappa shape index (κ3) is 5.21. The summed E-state index contributed by atoms with van der Waals surface area (Å²) in [5.41, 5.74) is 4.22. The highest BCUT2D eigenvalue weighted by Gasteiger charge is 2.31. The van der Waals surface area contributed by atoms with Crippen molar-refractivity contribution in [3.05, 3.63) is 24.3 Å². The fourth-order valence-electron chi connectivity index (χ4n) is 1.43. The van der Waals surface area contributed by atoms with Crippen LogP contribution in [0.1, 0.15) is 20.8 Å². The molecule has 0 unspecified atom stereocenters. The van der Waals surface area contributed by atoms with Gasteiger partial charge < -0.3 is 25.2 Å². The molecule has 1 aromatic carbocycles. The van der Waals surface area contributed by atoms with Crippen molar-refractivity contribution in [1.29, 1.82) is 0 Å². The van der Waals surface area contributed by atoms with Gasteiger partial charge in [-0.2, -0.15) is 0 Å². The highest BCUT2D eigenvalue weighted by atomic mass is 16.6. The van der Waals surface area contributed by atoms with E-state index in [1.54, 1.807) is 45.0 Å². The lowest BCUT2D eigenvalue weighted by molar-refractivity contribution is -0.158. The highest BCUT2D eigenvalue weighted by molar-refractivity contribution is 5.81. The normalized spacial score (nSPS) is 11.9. The zero-order chi connectivity index (χ0) is 15.9. The van der Waals surface area contributed by atoms with Crippen LogP contribution in [0.15, 0.2) is 29.4 Å². The van der Waals surface area contributed by atoms with Crippen LogP contribution in [-0.2, 0) is 9.53 Å². The number of ether oxygens (including phenoxy) is 3. The lowest BCUT2D eigenvalue weighted by Crippen LogP contribution is -2.39. The largest absolute Gasteiger partial charge is 0.486 e. The highest BCUT2D eigenvalue weighted by Crippen LogP contribution is 2.22. The molecule has 0 radical (unpaired) electrons. The van der Waals surface area contributed by atoms with Gasteiger partial charge in [-0.15, -0.1) is 0 Å². The van der Waals surface area contributed by atoms with Crippen LogP contribution in [0.25, 0.3) is 0 Å². The topological polar surface area (TPSA) is 103 Å². The van der Waals surface area contributed by atoms with Crippen molar-refractivity contribution >= 4 is 11.8 Å². The Morgan fingerprint density at radius 1 is 1.29 bits per heavy atom. The Morgan fingerprint density at radius 3 is 2.38 bits per heavy atom. The minimum atomic E-state index is -1.08. The van der Waals surface area contributed by atoms with Crippen molar-refractivity contribution in [3.8, 4) is 11.5 Å². The molecule has 7 heteroatoms. The predicted molar refractivity (Wildman–Crippen MR) is 76.7 cm³/mol. The number of benzene rings is 1. The average molecular weight is 296 g/mol. The Kier molecular flexibility index (Phi) is 5.83. The van der Waals surface area contributed by atoms with Gasteiger partial charge >= 0.3 is 5.97 Å². The zero-order valence-corrected chi connectivity index (χ0v) is 12.3. The molecule has 0 spiro atoms. The van der Waals surface area contributed by atoms with Crippen LogP contribution in [0, 0.1) is 0 Å². The molecule has 0 saturated heterocycles. The summed E-state index contributed by atoms with van der Waals surface area (Å²) in [6, 6.07) is 6.62. The van der Waals surface area contributed by atoms with E-state index in [-0.39, 0.29) is 12.4 Å². The molecule has 0 aliphatic heterocycles. The number of rotatable bonds is 7. The molecule has 7 nitrogen and oxygen atoms in total. The molecule has 1 aromatic rings. The Hall–Kier alpha value is -2.44. The quantitative estimate of drug-likeness (QED) is 0.260. The van der Waals surface area contributed by atoms with Crippen LogP contribution in [-0.4, -0.2) is 35.8 Å². The van der Waals surface area contributed by atoms with Crippen LogP contribution < -0.4 is 15.2 Å². The first-order valence-electron chi connectivity index (χ1n) is 6.44. The smallest absolute Gasteiger partial charge is 0.349 e. The molecule has 0 amide bonds. The summed E-state index contributed by atoms with van der Waals surface area (Å²) in [5.74, 6) is 0.572. The summed E-state index contributed by atoms with van der Waals surface area (Å²) in [6.07, 6.45) is 0. The van der Waals surface area contributed by atoms with Crippen molar-refractivity contribution in [1.82, 2.24) is 0 Å². The second kappa shape index (κ2) is 7.37. The van der Waals surface area contributed by atoms with Crippen molar-refractivity contribution in [2.75, 3.05) is 13.2 Å². The third-order valence-corrected chi connectivity index (χ3v) is 2.48. The van der Waals surface area contributed by atoms with Crippen molar-refractivity contribution in [3.63, 3.8) is 0 Å². The average Bonchev–Trinajstić information content (AvgIpc) is 2.46. The van der Waals surface area contributed by atoms with Gasteiger partial charge in [-0.05, 0) is 45.0 Å². The SMILES string of the molecule is CCOC(=O)C(C)(C)Oc1ccc(OC/C(N)=N/O)cc1. The van der Waals surface area contributed by atoms with E-state index in [0.29, 0.717) is 18.1 Å². The van der Waals surface area contributed by atoms with Gasteiger partial charge in [0.15, 0.2) is 11.4 Å². The van der Waals surface area contributed by atoms with Crippen LogP contribution in [0.3, 0.4) is 0 Å². The Morgan fingerprint density at radius 2 is 1.86 bits per heavy atom. The fourth-order valence-corrected chi connectivity index (χ4v) is 1.43. The minimum absolute atomic E-state index is 0.0228. The molecule has 3 N–H and O–H groups in total. The summed E-state index contributed by atoms with van der Waals surface area (Å²) >= 11 is 0. The van der Waals surface area contributed by atoms with Gasteiger partial charge in [0.25, 0.3) is 0 Å². The number of hydrogen-bond acceptors (Lipinski definition) is 6. The number of nitrogens with two attached hydrogens (primary N) is 1. The van der Waals surface area contributed by atoms with E-state index >= 15 is 0 Å². The monoisotopic (exact) mass is 296 g/mol. The van der Waals surface area contributed by atoms with Crippen molar-refractivity contribution in [2.24, 2.45) is 10.9 Å². The molecule has 0 saturated carbocycles. The maximum Gasteiger partial charge on any atom is 0.349 e. The number of hydrogen-bond donors (Lipinski definition) is 2. The number of nitrogens with zero attached hydrogens (tertiary/aromatic N) is 1. The summed E-state index contributed by atoms with van der Waals surface area (Å²) in [4.78, 5) is 11.7. The van der Waals surface area contributed by atoms with E-state index in [1.807, 2.05) is 0 Å². The van der Waals surface area contributed by atoms with Gasteiger partial charge in [0.05, 0.1) is 6.61 Å². The van der Waals surface area contributed by atoms with Crippen molar-refractivity contribution in [2.45, 2.75) is 26.4 Å². The number of carbonyl (C=O) groups is 1. The molecule has 0 heterocycles. The number of esters is 1. The van der Waals surface area contributed by atoms with Crippen LogP contribution in [0.4, 0.5) is 0 Å². The second-order valence-electron chi connectivity index (χ2n) is 4.68. The first-order chi connectivity index (χ1) is 9.89. The third-order valence-electron chi connectivity index (χ3n) is 2.48. The molecular formula is C14H20N2O5. The molecule has 116 valence electrons. The van der Waals surface area contributed by atoms with Gasteiger partial charge in [-0.25, -0.2) is 4.79 Å². The van der Waals surface area contributed by atoms with Crippen LogP contribution in [0.2, 0.25) is 0 Å². The molecular weight excluding hydrogens is 276 g/mol. The van der Waals surface area contributed by atoms with E-state index in [4.69, 9.17) is 25.2 Å². The Bertz CT molecular complexity index is 497. The maximum atomic E-state index is 11.7. The van der Waals surface area contributed by atoms with Crippen LogP contribution >= 0.6 is 0 Å². The van der Waals surface area contributed by atoms with Gasteiger partial charge in [0.2, 0.25) is 0 Å². The molecule has 21 heavy (non-hydrogen) atoms.